The summed E-state index contributed by atoms with van der Waals surface area (Å²) in [7, 11) is 1.66. The van der Waals surface area contributed by atoms with E-state index in [0.717, 1.165) is 42.2 Å². The second kappa shape index (κ2) is 11.1. The van der Waals surface area contributed by atoms with Crippen LogP contribution in [0.5, 0.6) is 11.5 Å². The Hall–Kier alpha value is -3.22. The summed E-state index contributed by atoms with van der Waals surface area (Å²) < 4.78 is 10.8. The predicted molar refractivity (Wildman–Crippen MR) is 118 cm³/mol. The summed E-state index contributed by atoms with van der Waals surface area (Å²) in [5.41, 5.74) is 2.15. The van der Waals surface area contributed by atoms with Crippen molar-refractivity contribution in [3.8, 4) is 11.5 Å². The molecule has 0 aromatic heterocycles. The van der Waals surface area contributed by atoms with E-state index < -0.39 is 0 Å². The SMILES string of the molecule is CCNC(=NCc1cccc(OCC(=O)NC2CC2)c1)NCc1ccc(OC)cc1. The molecule has 0 saturated heterocycles. The summed E-state index contributed by atoms with van der Waals surface area (Å²) in [5.74, 6) is 2.18. The summed E-state index contributed by atoms with van der Waals surface area (Å²) in [5, 5.41) is 9.51. The zero-order valence-electron chi connectivity index (χ0n) is 17.6. The average Bonchev–Trinajstić information content (AvgIpc) is 3.59. The highest BCUT2D eigenvalue weighted by molar-refractivity contribution is 5.79. The van der Waals surface area contributed by atoms with E-state index in [2.05, 4.69) is 20.9 Å². The van der Waals surface area contributed by atoms with Crippen molar-refractivity contribution in [2.75, 3.05) is 20.3 Å². The second-order valence-electron chi connectivity index (χ2n) is 7.17. The Labute approximate surface area is 177 Å². The van der Waals surface area contributed by atoms with Crippen LogP contribution in [0.25, 0.3) is 0 Å². The summed E-state index contributed by atoms with van der Waals surface area (Å²) >= 11 is 0. The molecule has 2 aromatic rings. The van der Waals surface area contributed by atoms with Crippen LogP contribution < -0.4 is 25.4 Å². The number of aliphatic imine (C=N–C) groups is 1. The standard InChI is InChI=1S/C23H30N4O3/c1-3-24-23(25-14-17-7-11-20(29-2)12-8-17)26-15-18-5-4-6-21(13-18)30-16-22(28)27-19-9-10-19/h4-8,11-13,19H,3,9-10,14-16H2,1-2H3,(H,27,28)(H2,24,25,26). The molecule has 0 aliphatic heterocycles. The van der Waals surface area contributed by atoms with Gasteiger partial charge in [0.05, 0.1) is 13.7 Å². The van der Waals surface area contributed by atoms with Crippen LogP contribution in [-0.2, 0) is 17.9 Å². The molecule has 3 N–H and O–H groups in total. The van der Waals surface area contributed by atoms with E-state index in [0.29, 0.717) is 24.9 Å². The molecule has 0 bridgehead atoms. The molecule has 160 valence electrons. The lowest BCUT2D eigenvalue weighted by Gasteiger charge is -2.12. The Kier molecular flexibility index (Phi) is 7.94. The Morgan fingerprint density at radius 1 is 1.07 bits per heavy atom. The Balaban J connectivity index is 1.51. The van der Waals surface area contributed by atoms with Crippen molar-refractivity contribution in [3.05, 3.63) is 59.7 Å². The zero-order chi connectivity index (χ0) is 21.2. The number of methoxy groups -OCH3 is 1. The van der Waals surface area contributed by atoms with E-state index in [1.807, 2.05) is 55.5 Å². The third-order valence-electron chi connectivity index (χ3n) is 4.59. The number of ether oxygens (including phenoxy) is 2. The number of hydrogen-bond donors (Lipinski definition) is 3. The van der Waals surface area contributed by atoms with Crippen LogP contribution in [0.3, 0.4) is 0 Å². The molecule has 0 heterocycles. The maximum absolute atomic E-state index is 11.8. The molecule has 30 heavy (non-hydrogen) atoms. The van der Waals surface area contributed by atoms with E-state index in [4.69, 9.17) is 9.47 Å². The summed E-state index contributed by atoms with van der Waals surface area (Å²) in [6.45, 7) is 4.01. The molecule has 3 rings (SSSR count). The van der Waals surface area contributed by atoms with E-state index in [1.165, 1.54) is 0 Å². The third kappa shape index (κ3) is 7.31. The summed E-state index contributed by atoms with van der Waals surface area (Å²) in [6.07, 6.45) is 2.14. The fraction of sp³-hybridized carbons (Fsp3) is 0.391. The van der Waals surface area contributed by atoms with Crippen molar-refractivity contribution in [2.24, 2.45) is 4.99 Å². The largest absolute Gasteiger partial charge is 0.497 e. The number of hydrogen-bond acceptors (Lipinski definition) is 4. The normalized spacial score (nSPS) is 13.5. The Morgan fingerprint density at radius 3 is 2.57 bits per heavy atom. The number of nitrogens with zero attached hydrogens (tertiary/aromatic N) is 1. The van der Waals surface area contributed by atoms with E-state index >= 15 is 0 Å². The molecule has 0 radical (unpaired) electrons. The molecule has 2 aromatic carbocycles. The minimum Gasteiger partial charge on any atom is -0.497 e. The van der Waals surface area contributed by atoms with Gasteiger partial charge < -0.3 is 25.4 Å². The van der Waals surface area contributed by atoms with Crippen LogP contribution >= 0.6 is 0 Å². The van der Waals surface area contributed by atoms with Gasteiger partial charge in [-0.1, -0.05) is 24.3 Å². The van der Waals surface area contributed by atoms with E-state index in [9.17, 15) is 4.79 Å². The zero-order valence-corrected chi connectivity index (χ0v) is 17.6. The van der Waals surface area contributed by atoms with Gasteiger partial charge in [-0.05, 0) is 55.2 Å². The van der Waals surface area contributed by atoms with Crippen LogP contribution in [0, 0.1) is 0 Å². The predicted octanol–water partition coefficient (Wildman–Crippen LogP) is 2.61. The lowest BCUT2D eigenvalue weighted by molar-refractivity contribution is -0.123. The maximum Gasteiger partial charge on any atom is 0.258 e. The number of benzene rings is 2. The van der Waals surface area contributed by atoms with E-state index in [1.54, 1.807) is 7.11 Å². The highest BCUT2D eigenvalue weighted by atomic mass is 16.5. The van der Waals surface area contributed by atoms with Gasteiger partial charge in [0, 0.05) is 19.1 Å². The first-order valence-electron chi connectivity index (χ1n) is 10.3. The second-order valence-corrected chi connectivity index (χ2v) is 7.17. The van der Waals surface area contributed by atoms with Crippen LogP contribution in [0.2, 0.25) is 0 Å². The topological polar surface area (TPSA) is 84.0 Å². The van der Waals surface area contributed by atoms with E-state index in [-0.39, 0.29) is 12.5 Å². The first-order chi connectivity index (χ1) is 14.7. The molecule has 1 aliphatic carbocycles. The fourth-order valence-electron chi connectivity index (χ4n) is 2.82. The monoisotopic (exact) mass is 410 g/mol. The summed E-state index contributed by atoms with van der Waals surface area (Å²) in [6, 6.07) is 16.0. The van der Waals surface area contributed by atoms with Crippen LogP contribution in [-0.4, -0.2) is 38.2 Å². The molecular weight excluding hydrogens is 380 g/mol. The van der Waals surface area contributed by atoms with Crippen molar-refractivity contribution < 1.29 is 14.3 Å². The highest BCUT2D eigenvalue weighted by Gasteiger charge is 2.23. The molecule has 1 fully saturated rings. The van der Waals surface area contributed by atoms with Crippen LogP contribution in [0.1, 0.15) is 30.9 Å². The quantitative estimate of drug-likeness (QED) is 0.414. The minimum atomic E-state index is -0.0712. The third-order valence-corrected chi connectivity index (χ3v) is 4.59. The molecule has 1 saturated carbocycles. The Bertz CT molecular complexity index is 848. The van der Waals surface area contributed by atoms with Crippen LogP contribution in [0.4, 0.5) is 0 Å². The number of carbonyl (C=O) groups excluding carboxylic acids is 1. The number of nitrogens with one attached hydrogen (secondary N) is 3. The summed E-state index contributed by atoms with van der Waals surface area (Å²) in [4.78, 5) is 16.4. The molecule has 1 aliphatic rings. The van der Waals surface area contributed by atoms with Gasteiger partial charge >= 0.3 is 0 Å². The number of rotatable bonds is 10. The van der Waals surface area contributed by atoms with Crippen molar-refractivity contribution in [1.29, 1.82) is 0 Å². The van der Waals surface area contributed by atoms with Gasteiger partial charge in [-0.15, -0.1) is 0 Å². The molecule has 0 spiro atoms. The van der Waals surface area contributed by atoms with Crippen molar-refractivity contribution in [3.63, 3.8) is 0 Å². The minimum absolute atomic E-state index is 0.0370. The molecular formula is C23H30N4O3. The number of guanidine groups is 1. The average molecular weight is 411 g/mol. The van der Waals surface area contributed by atoms with Gasteiger partial charge in [0.15, 0.2) is 12.6 Å². The lowest BCUT2D eigenvalue weighted by Crippen LogP contribution is -2.36. The van der Waals surface area contributed by atoms with Crippen molar-refractivity contribution in [2.45, 2.75) is 38.9 Å². The van der Waals surface area contributed by atoms with Gasteiger partial charge in [0.25, 0.3) is 5.91 Å². The first-order valence-corrected chi connectivity index (χ1v) is 10.3. The number of carbonyl (C=O) groups is 1. The van der Waals surface area contributed by atoms with Gasteiger partial charge in [-0.3, -0.25) is 4.79 Å². The number of amides is 1. The van der Waals surface area contributed by atoms with Crippen LogP contribution in [0.15, 0.2) is 53.5 Å². The van der Waals surface area contributed by atoms with Gasteiger partial charge in [0.2, 0.25) is 0 Å². The highest BCUT2D eigenvalue weighted by Crippen LogP contribution is 2.19. The van der Waals surface area contributed by atoms with Gasteiger partial charge in [-0.2, -0.15) is 0 Å². The van der Waals surface area contributed by atoms with Crippen molar-refractivity contribution in [1.82, 2.24) is 16.0 Å². The molecule has 0 atom stereocenters. The molecule has 1 amide bonds. The molecule has 0 unspecified atom stereocenters. The van der Waals surface area contributed by atoms with Crippen molar-refractivity contribution >= 4 is 11.9 Å². The molecule has 7 nitrogen and oxygen atoms in total. The fourth-order valence-corrected chi connectivity index (χ4v) is 2.82. The van der Waals surface area contributed by atoms with Gasteiger partial charge in [-0.25, -0.2) is 4.99 Å². The maximum atomic E-state index is 11.8. The first kappa shape index (κ1) is 21.5. The smallest absolute Gasteiger partial charge is 0.258 e. The lowest BCUT2D eigenvalue weighted by atomic mass is 10.2. The van der Waals surface area contributed by atoms with Gasteiger partial charge in [0.1, 0.15) is 11.5 Å². The molecule has 7 heteroatoms. The Morgan fingerprint density at radius 2 is 1.87 bits per heavy atom.